The molecule has 110 valence electrons. The molecule has 5 heteroatoms. The highest BCUT2D eigenvalue weighted by molar-refractivity contribution is 7.10. The van der Waals surface area contributed by atoms with Crippen LogP contribution in [0.15, 0.2) is 47.5 Å². The van der Waals surface area contributed by atoms with E-state index in [1.54, 1.807) is 17.2 Å². The Bertz CT molecular complexity index is 716. The van der Waals surface area contributed by atoms with Crippen molar-refractivity contribution in [2.45, 2.75) is 18.9 Å². The van der Waals surface area contributed by atoms with Gasteiger partial charge in [0.05, 0.1) is 6.04 Å². The lowest BCUT2D eigenvalue weighted by Gasteiger charge is -2.24. The van der Waals surface area contributed by atoms with E-state index in [0.717, 1.165) is 18.4 Å². The highest BCUT2D eigenvalue weighted by atomic mass is 32.1. The second kappa shape index (κ2) is 6.54. The van der Waals surface area contributed by atoms with E-state index in [1.165, 1.54) is 11.3 Å². The van der Waals surface area contributed by atoms with Crippen LogP contribution in [0, 0.1) is 11.3 Å². The van der Waals surface area contributed by atoms with Gasteiger partial charge in [0.15, 0.2) is 0 Å². The Hall–Kier alpha value is -2.45. The Morgan fingerprint density at radius 2 is 2.23 bits per heavy atom. The standard InChI is InChI=1S/C17H15N3OS/c18-12-14(11-16-19-8-10-22-16)17(21)20-9-4-7-15(20)13-5-2-1-3-6-13/h1-3,5-6,8,10-11,15H,4,7,9H2. The summed E-state index contributed by atoms with van der Waals surface area (Å²) < 4.78 is 0. The number of hydrogen-bond acceptors (Lipinski definition) is 4. The summed E-state index contributed by atoms with van der Waals surface area (Å²) in [6, 6.07) is 12.1. The number of carbonyl (C=O) groups is 1. The van der Waals surface area contributed by atoms with E-state index in [1.807, 2.05) is 41.8 Å². The highest BCUT2D eigenvalue weighted by Crippen LogP contribution is 2.33. The SMILES string of the molecule is N#CC(=Cc1nccs1)C(=O)N1CCCC1c1ccccc1. The van der Waals surface area contributed by atoms with Crippen LogP contribution in [0.5, 0.6) is 0 Å². The molecule has 2 aromatic rings. The van der Waals surface area contributed by atoms with E-state index < -0.39 is 0 Å². The number of nitriles is 1. The van der Waals surface area contributed by atoms with Crippen molar-refractivity contribution in [2.75, 3.05) is 6.54 Å². The zero-order chi connectivity index (χ0) is 15.4. The van der Waals surface area contributed by atoms with Gasteiger partial charge in [-0.25, -0.2) is 4.98 Å². The van der Waals surface area contributed by atoms with Crippen LogP contribution in [-0.2, 0) is 4.79 Å². The average molecular weight is 309 g/mol. The molecule has 1 aliphatic rings. The summed E-state index contributed by atoms with van der Waals surface area (Å²) in [5, 5.41) is 11.8. The maximum atomic E-state index is 12.7. The van der Waals surface area contributed by atoms with Crippen molar-refractivity contribution >= 4 is 23.3 Å². The number of benzene rings is 1. The molecule has 0 N–H and O–H groups in total. The number of likely N-dealkylation sites (tertiary alicyclic amines) is 1. The van der Waals surface area contributed by atoms with Crippen molar-refractivity contribution < 1.29 is 4.79 Å². The van der Waals surface area contributed by atoms with Gasteiger partial charge in [0.2, 0.25) is 0 Å². The topological polar surface area (TPSA) is 57.0 Å². The molecule has 0 radical (unpaired) electrons. The third-order valence-corrected chi connectivity index (χ3v) is 4.49. The second-order valence-electron chi connectivity index (χ2n) is 5.11. The van der Waals surface area contributed by atoms with Crippen LogP contribution in [0.4, 0.5) is 0 Å². The predicted octanol–water partition coefficient (Wildman–Crippen LogP) is 3.41. The summed E-state index contributed by atoms with van der Waals surface area (Å²) in [4.78, 5) is 18.6. The first-order valence-corrected chi connectivity index (χ1v) is 8.05. The molecule has 3 rings (SSSR count). The first-order chi connectivity index (χ1) is 10.8. The van der Waals surface area contributed by atoms with E-state index in [2.05, 4.69) is 4.98 Å². The van der Waals surface area contributed by atoms with Crippen molar-refractivity contribution in [3.05, 3.63) is 58.1 Å². The van der Waals surface area contributed by atoms with Gasteiger partial charge in [-0.3, -0.25) is 4.79 Å². The molecule has 0 saturated carbocycles. The molecule has 0 aliphatic carbocycles. The monoisotopic (exact) mass is 309 g/mol. The highest BCUT2D eigenvalue weighted by Gasteiger charge is 2.31. The summed E-state index contributed by atoms with van der Waals surface area (Å²) in [6.07, 6.45) is 5.14. The fourth-order valence-corrected chi connectivity index (χ4v) is 3.33. The zero-order valence-electron chi connectivity index (χ0n) is 12.0. The summed E-state index contributed by atoms with van der Waals surface area (Å²) in [7, 11) is 0. The van der Waals surface area contributed by atoms with Gasteiger partial charge in [0, 0.05) is 18.1 Å². The van der Waals surface area contributed by atoms with Crippen molar-refractivity contribution in [2.24, 2.45) is 0 Å². The zero-order valence-corrected chi connectivity index (χ0v) is 12.8. The van der Waals surface area contributed by atoms with Crippen LogP contribution in [-0.4, -0.2) is 22.3 Å². The maximum absolute atomic E-state index is 12.7. The molecule has 1 atom stereocenters. The molecule has 1 amide bonds. The third-order valence-electron chi connectivity index (χ3n) is 3.77. The average Bonchev–Trinajstić information content (AvgIpc) is 3.24. The molecule has 4 nitrogen and oxygen atoms in total. The minimum absolute atomic E-state index is 0.0572. The largest absolute Gasteiger partial charge is 0.331 e. The number of nitrogens with zero attached hydrogens (tertiary/aromatic N) is 3. The van der Waals surface area contributed by atoms with E-state index >= 15 is 0 Å². The van der Waals surface area contributed by atoms with Gasteiger partial charge in [-0.15, -0.1) is 11.3 Å². The molecule has 22 heavy (non-hydrogen) atoms. The predicted molar refractivity (Wildman–Crippen MR) is 85.8 cm³/mol. The summed E-state index contributed by atoms with van der Waals surface area (Å²) >= 11 is 1.41. The van der Waals surface area contributed by atoms with E-state index in [4.69, 9.17) is 0 Å². The van der Waals surface area contributed by atoms with Gasteiger partial charge in [-0.05, 0) is 24.5 Å². The van der Waals surface area contributed by atoms with Crippen molar-refractivity contribution in [1.82, 2.24) is 9.88 Å². The molecule has 0 spiro atoms. The molecule has 1 aromatic carbocycles. The number of hydrogen-bond donors (Lipinski definition) is 0. The summed E-state index contributed by atoms with van der Waals surface area (Å²) in [5.41, 5.74) is 1.28. The maximum Gasteiger partial charge on any atom is 0.265 e. The smallest absolute Gasteiger partial charge is 0.265 e. The Labute approximate surface area is 133 Å². The van der Waals surface area contributed by atoms with Gasteiger partial charge in [-0.1, -0.05) is 30.3 Å². The van der Waals surface area contributed by atoms with Crippen LogP contribution < -0.4 is 0 Å². The number of carbonyl (C=O) groups excluding carboxylic acids is 1. The molecule has 2 heterocycles. The number of aromatic nitrogens is 1. The van der Waals surface area contributed by atoms with Crippen LogP contribution in [0.3, 0.4) is 0 Å². The van der Waals surface area contributed by atoms with Crippen LogP contribution in [0.25, 0.3) is 6.08 Å². The fraction of sp³-hybridized carbons (Fsp3) is 0.235. The lowest BCUT2D eigenvalue weighted by molar-refractivity contribution is -0.127. The summed E-state index contributed by atoms with van der Waals surface area (Å²) in [6.45, 7) is 0.690. The quantitative estimate of drug-likeness (QED) is 0.645. The lowest BCUT2D eigenvalue weighted by atomic mass is 10.0. The van der Waals surface area contributed by atoms with Gasteiger partial charge in [0.1, 0.15) is 16.6 Å². The minimum atomic E-state index is -0.205. The molecule has 1 aromatic heterocycles. The molecule has 1 aliphatic heterocycles. The van der Waals surface area contributed by atoms with E-state index in [0.29, 0.717) is 11.6 Å². The molecule has 0 bridgehead atoms. The van der Waals surface area contributed by atoms with Crippen molar-refractivity contribution in [1.29, 1.82) is 5.26 Å². The molecular weight excluding hydrogens is 294 g/mol. The third kappa shape index (κ3) is 2.92. The molecule has 1 saturated heterocycles. The minimum Gasteiger partial charge on any atom is -0.331 e. The van der Waals surface area contributed by atoms with Crippen molar-refractivity contribution in [3.63, 3.8) is 0 Å². The molecule has 1 fully saturated rings. The summed E-state index contributed by atoms with van der Waals surface area (Å²) in [5.74, 6) is -0.205. The molecular formula is C17H15N3OS. The second-order valence-corrected chi connectivity index (χ2v) is 6.03. The van der Waals surface area contributed by atoms with Gasteiger partial charge >= 0.3 is 0 Å². The van der Waals surface area contributed by atoms with Crippen LogP contribution >= 0.6 is 11.3 Å². The van der Waals surface area contributed by atoms with Crippen LogP contribution in [0.1, 0.15) is 29.5 Å². The van der Waals surface area contributed by atoms with Gasteiger partial charge in [0.25, 0.3) is 5.91 Å². The van der Waals surface area contributed by atoms with E-state index in [9.17, 15) is 10.1 Å². The first-order valence-electron chi connectivity index (χ1n) is 7.17. The Morgan fingerprint density at radius 3 is 2.91 bits per heavy atom. The Morgan fingerprint density at radius 1 is 1.41 bits per heavy atom. The van der Waals surface area contributed by atoms with E-state index in [-0.39, 0.29) is 17.5 Å². The Kier molecular flexibility index (Phi) is 4.31. The molecule has 1 unspecified atom stereocenters. The van der Waals surface area contributed by atoms with Crippen molar-refractivity contribution in [3.8, 4) is 6.07 Å². The fourth-order valence-electron chi connectivity index (χ4n) is 2.76. The number of amides is 1. The lowest BCUT2D eigenvalue weighted by Crippen LogP contribution is -2.31. The first kappa shape index (κ1) is 14.5. The normalized spacial score (nSPS) is 18.2. The van der Waals surface area contributed by atoms with Crippen LogP contribution in [0.2, 0.25) is 0 Å². The van der Waals surface area contributed by atoms with Gasteiger partial charge in [-0.2, -0.15) is 5.26 Å². The Balaban J connectivity index is 1.86. The van der Waals surface area contributed by atoms with Gasteiger partial charge < -0.3 is 4.90 Å². The number of thiazole rings is 1. The number of rotatable bonds is 3.